The molecule has 1 saturated carbocycles. The van der Waals surface area contributed by atoms with Crippen molar-refractivity contribution in [3.63, 3.8) is 0 Å². The number of primary amides is 1. The summed E-state index contributed by atoms with van der Waals surface area (Å²) in [5, 5.41) is 7.15. The van der Waals surface area contributed by atoms with Gasteiger partial charge in [-0.05, 0) is 69.6 Å². The van der Waals surface area contributed by atoms with E-state index in [0.717, 1.165) is 43.0 Å². The Hall–Kier alpha value is -3.07. The number of amides is 4. The highest BCUT2D eigenvalue weighted by Gasteiger charge is 2.50. The van der Waals surface area contributed by atoms with Gasteiger partial charge in [-0.2, -0.15) is 0 Å². The Morgan fingerprint density at radius 3 is 2.55 bits per heavy atom. The van der Waals surface area contributed by atoms with Crippen molar-refractivity contribution in [2.75, 3.05) is 6.54 Å². The second-order valence-corrected chi connectivity index (χ2v) is 12.5. The van der Waals surface area contributed by atoms with E-state index in [1.807, 2.05) is 19.9 Å². The van der Waals surface area contributed by atoms with Gasteiger partial charge in [0, 0.05) is 33.9 Å². The van der Waals surface area contributed by atoms with E-state index in [4.69, 9.17) is 17.3 Å². The summed E-state index contributed by atoms with van der Waals surface area (Å²) in [5.41, 5.74) is 6.32. The molecule has 3 aliphatic rings. The fourth-order valence-corrected chi connectivity index (χ4v) is 6.89. The van der Waals surface area contributed by atoms with Crippen LogP contribution in [0.25, 0.3) is 10.9 Å². The van der Waals surface area contributed by atoms with E-state index in [1.165, 1.54) is 0 Å². The third kappa shape index (κ3) is 5.25. The largest absolute Gasteiger partial charge is 0.368 e. The van der Waals surface area contributed by atoms with Crippen LogP contribution in [0.15, 0.2) is 24.3 Å². The topological polar surface area (TPSA) is 137 Å². The molecule has 5 rings (SSSR count). The molecule has 38 heavy (non-hydrogen) atoms. The summed E-state index contributed by atoms with van der Waals surface area (Å²) in [4.78, 5) is 57.1. The fourth-order valence-electron chi connectivity index (χ4n) is 6.72. The summed E-state index contributed by atoms with van der Waals surface area (Å²) in [6.07, 6.45) is 6.42. The molecule has 2 saturated heterocycles. The average Bonchev–Trinajstić information content (AvgIpc) is 3.51. The first-order chi connectivity index (χ1) is 18.0. The number of hydrogen-bond acceptors (Lipinski definition) is 4. The Kier molecular flexibility index (Phi) is 6.92. The zero-order valence-electron chi connectivity index (χ0n) is 21.9. The Morgan fingerprint density at radius 1 is 1.16 bits per heavy atom. The van der Waals surface area contributed by atoms with E-state index in [-0.39, 0.29) is 29.2 Å². The molecule has 204 valence electrons. The van der Waals surface area contributed by atoms with E-state index < -0.39 is 29.8 Å². The molecule has 2 aromatic rings. The minimum absolute atomic E-state index is 0.122. The van der Waals surface area contributed by atoms with Crippen molar-refractivity contribution in [2.24, 2.45) is 17.1 Å². The van der Waals surface area contributed by atoms with Gasteiger partial charge < -0.3 is 26.3 Å². The lowest BCUT2D eigenvalue weighted by molar-refractivity contribution is -0.131. The zero-order valence-corrected chi connectivity index (χ0v) is 22.7. The van der Waals surface area contributed by atoms with Gasteiger partial charge in [-0.1, -0.05) is 36.9 Å². The number of halogens is 1. The van der Waals surface area contributed by atoms with E-state index in [9.17, 15) is 19.2 Å². The molecule has 3 atom stereocenters. The number of rotatable bonds is 6. The molecule has 2 aliphatic heterocycles. The molecule has 1 aliphatic carbocycles. The van der Waals surface area contributed by atoms with E-state index >= 15 is 0 Å². The van der Waals surface area contributed by atoms with Crippen LogP contribution in [0, 0.1) is 11.3 Å². The molecule has 1 aromatic heterocycles. The minimum Gasteiger partial charge on any atom is -0.368 e. The molecule has 0 radical (unpaired) electrons. The maximum atomic E-state index is 13.8. The third-order valence-electron chi connectivity index (χ3n) is 8.57. The first kappa shape index (κ1) is 26.5. The number of carbonyl (C=O) groups is 4. The van der Waals surface area contributed by atoms with Gasteiger partial charge in [-0.15, -0.1) is 0 Å². The number of hydrogen-bond donors (Lipinski definition) is 4. The number of aromatic nitrogens is 1. The van der Waals surface area contributed by atoms with Crippen LogP contribution < -0.4 is 16.4 Å². The number of fused-ring (bicyclic) bond motifs is 1. The second kappa shape index (κ2) is 9.91. The maximum Gasteiger partial charge on any atom is 0.271 e. The van der Waals surface area contributed by atoms with Gasteiger partial charge in [-0.3, -0.25) is 19.2 Å². The highest BCUT2D eigenvalue weighted by molar-refractivity contribution is 6.31. The molecule has 10 heteroatoms. The summed E-state index contributed by atoms with van der Waals surface area (Å²) in [6, 6.07) is 5.43. The highest BCUT2D eigenvalue weighted by Crippen LogP contribution is 2.46. The molecule has 3 unspecified atom stereocenters. The molecule has 5 N–H and O–H groups in total. The summed E-state index contributed by atoms with van der Waals surface area (Å²) >= 11 is 6.13. The van der Waals surface area contributed by atoms with Crippen LogP contribution >= 0.6 is 11.6 Å². The standard InChI is InChI=1S/C28H36ClN5O4/c1-27(2)13-17(24(36)33-27)11-20(23(30)35)32-25(37)22-14-28(8-4-3-5-9-28)15-34(22)26(38)21-10-16-6-7-18(29)12-19(16)31-21/h6-7,10,12,17,20,22,31H,3-5,8-9,11,13-15H2,1-2H3,(H2,30,35)(H,32,37)(H,33,36). The van der Waals surface area contributed by atoms with Gasteiger partial charge in [0.2, 0.25) is 17.7 Å². The van der Waals surface area contributed by atoms with Gasteiger partial charge in [0.1, 0.15) is 17.8 Å². The predicted octanol–water partition coefficient (Wildman–Crippen LogP) is 3.26. The number of nitrogens with zero attached hydrogens (tertiary/aromatic N) is 1. The normalized spacial score (nSPS) is 24.9. The quantitative estimate of drug-likeness (QED) is 0.446. The van der Waals surface area contributed by atoms with Crippen LogP contribution in [0.1, 0.15) is 75.7 Å². The van der Waals surface area contributed by atoms with Crippen molar-refractivity contribution < 1.29 is 19.2 Å². The summed E-state index contributed by atoms with van der Waals surface area (Å²) in [7, 11) is 0. The number of H-pyrrole nitrogens is 1. The molecule has 1 aromatic carbocycles. The van der Waals surface area contributed by atoms with E-state index in [2.05, 4.69) is 15.6 Å². The predicted molar refractivity (Wildman–Crippen MR) is 144 cm³/mol. The number of aromatic amines is 1. The van der Waals surface area contributed by atoms with Crippen LogP contribution in [-0.4, -0.2) is 57.7 Å². The van der Waals surface area contributed by atoms with Crippen molar-refractivity contribution in [3.8, 4) is 0 Å². The van der Waals surface area contributed by atoms with Gasteiger partial charge in [0.25, 0.3) is 5.91 Å². The first-order valence-corrected chi connectivity index (χ1v) is 13.8. The van der Waals surface area contributed by atoms with Crippen molar-refractivity contribution in [1.29, 1.82) is 0 Å². The molecule has 9 nitrogen and oxygen atoms in total. The van der Waals surface area contributed by atoms with E-state index in [0.29, 0.717) is 30.1 Å². The molecular weight excluding hydrogens is 506 g/mol. The van der Waals surface area contributed by atoms with Crippen molar-refractivity contribution in [2.45, 2.75) is 82.8 Å². The lowest BCUT2D eigenvalue weighted by atomic mass is 9.72. The maximum absolute atomic E-state index is 13.8. The summed E-state index contributed by atoms with van der Waals surface area (Å²) in [6.45, 7) is 4.33. The molecule has 0 bridgehead atoms. The lowest BCUT2D eigenvalue weighted by Gasteiger charge is -2.32. The van der Waals surface area contributed by atoms with Crippen LogP contribution in [0.3, 0.4) is 0 Å². The van der Waals surface area contributed by atoms with Crippen LogP contribution in [0.4, 0.5) is 0 Å². The first-order valence-electron chi connectivity index (χ1n) is 13.5. The van der Waals surface area contributed by atoms with Crippen molar-refractivity contribution in [1.82, 2.24) is 20.5 Å². The molecular formula is C28H36ClN5O4. The van der Waals surface area contributed by atoms with E-state index in [1.54, 1.807) is 23.1 Å². The van der Waals surface area contributed by atoms with Gasteiger partial charge in [0.15, 0.2) is 0 Å². The molecule has 3 fully saturated rings. The lowest BCUT2D eigenvalue weighted by Crippen LogP contribution is -2.53. The summed E-state index contributed by atoms with van der Waals surface area (Å²) < 4.78 is 0. The molecule has 3 heterocycles. The monoisotopic (exact) mass is 541 g/mol. The SMILES string of the molecule is CC1(C)CC(CC(NC(=O)C2CC3(CCCCC3)CN2C(=O)c2cc3ccc(Cl)cc3[nH]2)C(N)=O)C(=O)N1. The van der Waals surface area contributed by atoms with Gasteiger partial charge >= 0.3 is 0 Å². The molecule has 4 amide bonds. The van der Waals surface area contributed by atoms with Crippen LogP contribution in [-0.2, 0) is 14.4 Å². The van der Waals surface area contributed by atoms with Crippen LogP contribution in [0.5, 0.6) is 0 Å². The smallest absolute Gasteiger partial charge is 0.271 e. The minimum atomic E-state index is -0.998. The third-order valence-corrected chi connectivity index (χ3v) is 8.81. The number of carbonyl (C=O) groups excluding carboxylic acids is 4. The average molecular weight is 542 g/mol. The Morgan fingerprint density at radius 2 is 1.89 bits per heavy atom. The second-order valence-electron chi connectivity index (χ2n) is 12.1. The number of benzene rings is 1. The summed E-state index contributed by atoms with van der Waals surface area (Å²) in [5.74, 6) is -1.92. The molecule has 1 spiro atoms. The van der Waals surface area contributed by atoms with Gasteiger partial charge in [-0.25, -0.2) is 0 Å². The number of nitrogens with one attached hydrogen (secondary N) is 3. The van der Waals surface area contributed by atoms with Crippen molar-refractivity contribution in [3.05, 3.63) is 35.0 Å². The fraction of sp³-hybridized carbons (Fsp3) is 0.571. The zero-order chi connectivity index (χ0) is 27.2. The number of nitrogens with two attached hydrogens (primary N) is 1. The van der Waals surface area contributed by atoms with Crippen molar-refractivity contribution >= 4 is 46.1 Å². The van der Waals surface area contributed by atoms with Crippen LogP contribution in [0.2, 0.25) is 5.02 Å². The Bertz CT molecular complexity index is 1280. The Labute approximate surface area is 227 Å². The number of likely N-dealkylation sites (tertiary alicyclic amines) is 1. The Balaban J connectivity index is 1.38. The highest BCUT2D eigenvalue weighted by atomic mass is 35.5. The van der Waals surface area contributed by atoms with Gasteiger partial charge in [0.05, 0.1) is 0 Å².